The highest BCUT2D eigenvalue weighted by Crippen LogP contribution is 2.32. The number of halogens is 1. The maximum absolute atomic E-state index is 13.5. The van der Waals surface area contributed by atoms with Gasteiger partial charge in [-0.3, -0.25) is 4.79 Å². The fraction of sp³-hybridized carbons (Fsp3) is 0.174. The monoisotopic (exact) mass is 411 g/mol. The summed E-state index contributed by atoms with van der Waals surface area (Å²) in [6.45, 7) is 2.06. The van der Waals surface area contributed by atoms with Crippen molar-refractivity contribution in [2.45, 2.75) is 30.8 Å². The second kappa shape index (κ2) is 9.11. The molecule has 0 N–H and O–H groups in total. The van der Waals surface area contributed by atoms with Gasteiger partial charge in [-0.05, 0) is 41.8 Å². The highest BCUT2D eigenvalue weighted by molar-refractivity contribution is 7.89. The van der Waals surface area contributed by atoms with Crippen LogP contribution in [0.4, 0.5) is 4.39 Å². The molecule has 0 fully saturated rings. The summed E-state index contributed by atoms with van der Waals surface area (Å²) in [5.41, 5.74) is 2.16. The third-order valence-corrected chi connectivity index (χ3v) is 6.66. The van der Waals surface area contributed by atoms with Crippen LogP contribution in [0.2, 0.25) is 0 Å². The van der Waals surface area contributed by atoms with Crippen LogP contribution in [-0.4, -0.2) is 19.0 Å². The molecule has 0 aliphatic carbocycles. The zero-order chi connectivity index (χ0) is 20.9. The largest absolute Gasteiger partial charge is 0.298 e. The van der Waals surface area contributed by atoms with Crippen molar-refractivity contribution in [2.24, 2.45) is 0 Å². The number of hydrogen-bond acceptors (Lipinski definition) is 3. The molecule has 0 aliphatic rings. The van der Waals surface area contributed by atoms with Crippen LogP contribution in [0.1, 0.15) is 40.9 Å². The average molecular weight is 411 g/mol. The highest BCUT2D eigenvalue weighted by atomic mass is 32.2. The van der Waals surface area contributed by atoms with E-state index in [0.717, 1.165) is 29.5 Å². The number of carbonyl (C=O) groups is 1. The molecular formula is C23H22FNO3S. The van der Waals surface area contributed by atoms with E-state index in [4.69, 9.17) is 0 Å². The summed E-state index contributed by atoms with van der Waals surface area (Å²) in [4.78, 5) is 11.0. The summed E-state index contributed by atoms with van der Waals surface area (Å²) in [6, 6.07) is 20.7. The van der Waals surface area contributed by atoms with Crippen LogP contribution >= 0.6 is 0 Å². The molecule has 0 bridgehead atoms. The van der Waals surface area contributed by atoms with Crippen molar-refractivity contribution in [3.63, 3.8) is 0 Å². The van der Waals surface area contributed by atoms with E-state index >= 15 is 0 Å². The molecule has 0 aromatic heterocycles. The van der Waals surface area contributed by atoms with E-state index in [1.54, 1.807) is 24.3 Å². The predicted octanol–water partition coefficient (Wildman–Crippen LogP) is 4.98. The van der Waals surface area contributed by atoms with Crippen molar-refractivity contribution >= 4 is 16.3 Å². The smallest absolute Gasteiger partial charge is 0.243 e. The molecule has 3 aromatic rings. The molecule has 1 unspecified atom stereocenters. The SMILES string of the molecule is CCC(c1ccccc1)N(Cc1ccc(C=O)cc1)S(=O)(=O)c1ccc(F)cc1. The second-order valence-electron chi connectivity index (χ2n) is 6.70. The third-order valence-electron chi connectivity index (χ3n) is 4.79. The highest BCUT2D eigenvalue weighted by Gasteiger charge is 2.31. The number of sulfonamides is 1. The summed E-state index contributed by atoms with van der Waals surface area (Å²) >= 11 is 0. The fourth-order valence-corrected chi connectivity index (χ4v) is 4.94. The Labute approximate surface area is 170 Å². The lowest BCUT2D eigenvalue weighted by atomic mass is 10.0. The minimum absolute atomic E-state index is 0.0396. The Bertz CT molecular complexity index is 1050. The summed E-state index contributed by atoms with van der Waals surface area (Å²) in [7, 11) is -3.89. The molecule has 0 saturated heterocycles. The Morgan fingerprint density at radius 2 is 1.55 bits per heavy atom. The lowest BCUT2D eigenvalue weighted by Crippen LogP contribution is -2.34. The Morgan fingerprint density at radius 1 is 0.931 bits per heavy atom. The van der Waals surface area contributed by atoms with Gasteiger partial charge in [0.25, 0.3) is 0 Å². The van der Waals surface area contributed by atoms with Crippen LogP contribution in [0.25, 0.3) is 0 Å². The normalized spacial score (nSPS) is 12.7. The van der Waals surface area contributed by atoms with Crippen molar-refractivity contribution in [3.05, 3.63) is 101 Å². The average Bonchev–Trinajstić information content (AvgIpc) is 2.75. The molecule has 3 aromatic carbocycles. The standard InChI is InChI=1S/C23H22FNO3S/c1-2-23(20-6-4-3-5-7-20)25(16-18-8-10-19(17-26)11-9-18)29(27,28)22-14-12-21(24)13-15-22/h3-15,17,23H,2,16H2,1H3. The van der Waals surface area contributed by atoms with Gasteiger partial charge in [-0.1, -0.05) is 61.5 Å². The van der Waals surface area contributed by atoms with Crippen molar-refractivity contribution < 1.29 is 17.6 Å². The van der Waals surface area contributed by atoms with Crippen LogP contribution in [-0.2, 0) is 16.6 Å². The predicted molar refractivity (Wildman–Crippen MR) is 110 cm³/mol. The van der Waals surface area contributed by atoms with Crippen molar-refractivity contribution in [1.29, 1.82) is 0 Å². The summed E-state index contributed by atoms with van der Waals surface area (Å²) in [6.07, 6.45) is 1.31. The summed E-state index contributed by atoms with van der Waals surface area (Å²) < 4.78 is 41.8. The van der Waals surface area contributed by atoms with E-state index in [1.165, 1.54) is 16.4 Å². The Morgan fingerprint density at radius 3 is 2.10 bits per heavy atom. The minimum Gasteiger partial charge on any atom is -0.298 e. The molecule has 0 radical (unpaired) electrons. The van der Waals surface area contributed by atoms with E-state index in [9.17, 15) is 17.6 Å². The first-order valence-corrected chi connectivity index (χ1v) is 10.8. The Hall–Kier alpha value is -2.83. The molecule has 1 atom stereocenters. The lowest BCUT2D eigenvalue weighted by Gasteiger charge is -2.31. The van der Waals surface area contributed by atoms with E-state index in [-0.39, 0.29) is 11.4 Å². The van der Waals surface area contributed by atoms with Gasteiger partial charge in [0.2, 0.25) is 10.0 Å². The molecule has 0 heterocycles. The van der Waals surface area contributed by atoms with Crippen molar-refractivity contribution in [3.8, 4) is 0 Å². The van der Waals surface area contributed by atoms with Gasteiger partial charge in [0, 0.05) is 12.1 Å². The molecule has 4 nitrogen and oxygen atoms in total. The minimum atomic E-state index is -3.89. The number of nitrogens with zero attached hydrogens (tertiary/aromatic N) is 1. The van der Waals surface area contributed by atoms with Crippen LogP contribution in [0.5, 0.6) is 0 Å². The van der Waals surface area contributed by atoms with E-state index in [2.05, 4.69) is 0 Å². The van der Waals surface area contributed by atoms with E-state index in [1.807, 2.05) is 37.3 Å². The number of aldehydes is 1. The lowest BCUT2D eigenvalue weighted by molar-refractivity contribution is 0.112. The molecule has 0 aliphatic heterocycles. The van der Waals surface area contributed by atoms with E-state index in [0.29, 0.717) is 12.0 Å². The molecule has 6 heteroatoms. The number of benzene rings is 3. The summed E-state index contributed by atoms with van der Waals surface area (Å²) in [5.74, 6) is -0.491. The zero-order valence-corrected chi connectivity index (χ0v) is 16.8. The van der Waals surface area contributed by atoms with Gasteiger partial charge in [-0.2, -0.15) is 4.31 Å². The van der Waals surface area contributed by atoms with Gasteiger partial charge < -0.3 is 0 Å². The molecule has 0 saturated carbocycles. The maximum atomic E-state index is 13.5. The number of hydrogen-bond donors (Lipinski definition) is 0. The first-order valence-electron chi connectivity index (χ1n) is 9.32. The van der Waals surface area contributed by atoms with Crippen molar-refractivity contribution in [2.75, 3.05) is 0 Å². The molecule has 3 rings (SSSR count). The van der Waals surface area contributed by atoms with Crippen LogP contribution in [0.3, 0.4) is 0 Å². The Balaban J connectivity index is 2.06. The summed E-state index contributed by atoms with van der Waals surface area (Å²) in [5, 5.41) is 0. The third kappa shape index (κ3) is 4.78. The van der Waals surface area contributed by atoms with Gasteiger partial charge in [0.05, 0.1) is 10.9 Å². The maximum Gasteiger partial charge on any atom is 0.243 e. The molecule has 0 amide bonds. The van der Waals surface area contributed by atoms with Gasteiger partial charge in [0.1, 0.15) is 12.1 Å². The molecule has 0 spiro atoms. The number of rotatable bonds is 8. The molecule has 150 valence electrons. The van der Waals surface area contributed by atoms with Gasteiger partial charge in [-0.15, -0.1) is 0 Å². The zero-order valence-electron chi connectivity index (χ0n) is 16.0. The number of carbonyl (C=O) groups excluding carboxylic acids is 1. The van der Waals surface area contributed by atoms with E-state index < -0.39 is 21.9 Å². The van der Waals surface area contributed by atoms with Gasteiger partial charge in [0.15, 0.2) is 0 Å². The second-order valence-corrected chi connectivity index (χ2v) is 8.59. The fourth-order valence-electron chi connectivity index (χ4n) is 3.27. The quantitative estimate of drug-likeness (QED) is 0.491. The van der Waals surface area contributed by atoms with Crippen LogP contribution in [0, 0.1) is 5.82 Å². The first kappa shape index (κ1) is 20.9. The van der Waals surface area contributed by atoms with Crippen molar-refractivity contribution in [1.82, 2.24) is 4.31 Å². The van der Waals surface area contributed by atoms with Crippen LogP contribution in [0.15, 0.2) is 83.8 Å². The first-order chi connectivity index (χ1) is 14.0. The van der Waals surface area contributed by atoms with Crippen LogP contribution < -0.4 is 0 Å². The van der Waals surface area contributed by atoms with Gasteiger partial charge in [-0.25, -0.2) is 12.8 Å². The topological polar surface area (TPSA) is 54.5 Å². The Kier molecular flexibility index (Phi) is 6.56. The molecule has 29 heavy (non-hydrogen) atoms. The van der Waals surface area contributed by atoms with Gasteiger partial charge >= 0.3 is 0 Å². The molecular weight excluding hydrogens is 389 g/mol.